The predicted octanol–water partition coefficient (Wildman–Crippen LogP) is 0.914. The third kappa shape index (κ3) is 11.1. The molecule has 5 N–H and O–H groups in total. The number of rotatable bonds is 9. The molecule has 0 aliphatic heterocycles. The van der Waals surface area contributed by atoms with E-state index < -0.39 is 27.3 Å². The van der Waals surface area contributed by atoms with Crippen molar-refractivity contribution in [1.82, 2.24) is 16.0 Å². The van der Waals surface area contributed by atoms with Crippen LogP contribution in [0.3, 0.4) is 0 Å². The number of nitrogens with zero attached hydrogens (tertiary/aromatic N) is 1. The van der Waals surface area contributed by atoms with Gasteiger partial charge in [-0.15, -0.1) is 0 Å². The highest BCUT2D eigenvalue weighted by Crippen LogP contribution is 2.17. The van der Waals surface area contributed by atoms with Crippen LogP contribution in [0.15, 0.2) is 4.99 Å². The van der Waals surface area contributed by atoms with Gasteiger partial charge in [-0.05, 0) is 40.5 Å². The van der Waals surface area contributed by atoms with Crippen molar-refractivity contribution in [2.45, 2.75) is 65.5 Å². The molecule has 0 spiro atoms. The van der Waals surface area contributed by atoms with Gasteiger partial charge in [-0.3, -0.25) is 4.99 Å². The maximum absolute atomic E-state index is 12.2. The quantitative estimate of drug-likeness (QED) is 0.340. The normalized spacial score (nSPS) is 13.3. The van der Waals surface area contributed by atoms with E-state index in [1.165, 1.54) is 0 Å². The lowest BCUT2D eigenvalue weighted by atomic mass is 9.93. The Kier molecular flexibility index (Phi) is 9.93. The van der Waals surface area contributed by atoms with E-state index in [2.05, 4.69) is 20.9 Å². The SMILES string of the molecule is CCNC(=NCC(CC)(CC)NC(=O)OC(C)(C)C)NCCS(N)(=O)=O. The molecule has 9 nitrogen and oxygen atoms in total. The van der Waals surface area contributed by atoms with Gasteiger partial charge in [0.1, 0.15) is 5.60 Å². The third-order valence-electron chi connectivity index (χ3n) is 3.68. The fraction of sp³-hybridized carbons (Fsp3) is 0.875. The van der Waals surface area contributed by atoms with Gasteiger partial charge in [0.15, 0.2) is 5.96 Å². The summed E-state index contributed by atoms with van der Waals surface area (Å²) < 4.78 is 27.4. The number of sulfonamides is 1. The Bertz CT molecular complexity index is 566. The fourth-order valence-corrected chi connectivity index (χ4v) is 2.48. The van der Waals surface area contributed by atoms with Gasteiger partial charge in [0.2, 0.25) is 10.0 Å². The Balaban J connectivity index is 5.04. The van der Waals surface area contributed by atoms with Gasteiger partial charge in [-0.1, -0.05) is 13.8 Å². The van der Waals surface area contributed by atoms with Crippen LogP contribution in [0.2, 0.25) is 0 Å². The van der Waals surface area contributed by atoms with Crippen LogP contribution in [0.4, 0.5) is 4.79 Å². The van der Waals surface area contributed by atoms with Crippen molar-refractivity contribution < 1.29 is 17.9 Å². The molecule has 0 fully saturated rings. The second-order valence-electron chi connectivity index (χ2n) is 7.10. The lowest BCUT2D eigenvalue weighted by Crippen LogP contribution is -2.52. The summed E-state index contributed by atoms with van der Waals surface area (Å²) in [4.78, 5) is 16.6. The number of alkyl carbamates (subject to hydrolysis) is 1. The first-order valence-corrected chi connectivity index (χ1v) is 10.6. The van der Waals surface area contributed by atoms with Gasteiger partial charge in [-0.25, -0.2) is 18.4 Å². The first-order valence-electron chi connectivity index (χ1n) is 8.90. The molecule has 0 saturated carbocycles. The molecule has 0 heterocycles. The van der Waals surface area contributed by atoms with Crippen LogP contribution in [0, 0.1) is 0 Å². The highest BCUT2D eigenvalue weighted by atomic mass is 32.2. The molecule has 0 radical (unpaired) electrons. The number of carbonyl (C=O) groups is 1. The number of guanidine groups is 1. The van der Waals surface area contributed by atoms with E-state index in [1.54, 1.807) is 0 Å². The average Bonchev–Trinajstić information content (AvgIpc) is 2.48. The number of hydrogen-bond donors (Lipinski definition) is 4. The molecule has 1 amide bonds. The Hall–Kier alpha value is -1.55. The summed E-state index contributed by atoms with van der Waals surface area (Å²) in [5.41, 5.74) is -1.13. The van der Waals surface area contributed by atoms with E-state index in [1.807, 2.05) is 41.5 Å². The second kappa shape index (κ2) is 10.6. The van der Waals surface area contributed by atoms with Crippen molar-refractivity contribution in [2.75, 3.05) is 25.4 Å². The van der Waals surface area contributed by atoms with Crippen molar-refractivity contribution in [1.29, 1.82) is 0 Å². The molecular formula is C16H35N5O4S. The molecule has 0 aromatic carbocycles. The standard InChI is InChI=1S/C16H35N5O4S/c1-7-16(8-2,21-14(22)25-15(4,5)6)12-20-13(18-9-3)19-10-11-26(17,23)24/h7-12H2,1-6H3,(H,21,22)(H2,17,23,24)(H2,18,19,20). The highest BCUT2D eigenvalue weighted by molar-refractivity contribution is 7.89. The molecule has 0 aliphatic carbocycles. The van der Waals surface area contributed by atoms with Gasteiger partial charge in [-0.2, -0.15) is 0 Å². The van der Waals surface area contributed by atoms with E-state index in [-0.39, 0.29) is 12.3 Å². The molecule has 0 saturated heterocycles. The lowest BCUT2D eigenvalue weighted by Gasteiger charge is -2.32. The highest BCUT2D eigenvalue weighted by Gasteiger charge is 2.30. The lowest BCUT2D eigenvalue weighted by molar-refractivity contribution is 0.0452. The molecule has 0 aromatic heterocycles. The van der Waals surface area contributed by atoms with Crippen LogP contribution in [0.5, 0.6) is 0 Å². The van der Waals surface area contributed by atoms with Crippen LogP contribution in [-0.4, -0.2) is 57.0 Å². The molecule has 0 atom stereocenters. The van der Waals surface area contributed by atoms with Gasteiger partial charge in [0, 0.05) is 13.1 Å². The molecule has 10 heteroatoms. The first-order chi connectivity index (χ1) is 11.9. The zero-order chi connectivity index (χ0) is 20.4. The first kappa shape index (κ1) is 24.5. The minimum atomic E-state index is -3.54. The molecule has 0 aromatic rings. The number of ether oxygens (including phenoxy) is 1. The number of aliphatic imine (C=N–C) groups is 1. The second-order valence-corrected chi connectivity index (χ2v) is 8.84. The summed E-state index contributed by atoms with van der Waals surface area (Å²) in [6.07, 6.45) is 0.856. The molecule has 0 aliphatic rings. The van der Waals surface area contributed by atoms with Crippen LogP contribution >= 0.6 is 0 Å². The molecule has 0 bridgehead atoms. The molecule has 26 heavy (non-hydrogen) atoms. The summed E-state index contributed by atoms with van der Waals surface area (Å²) in [6, 6.07) is 0. The maximum atomic E-state index is 12.2. The summed E-state index contributed by atoms with van der Waals surface area (Å²) >= 11 is 0. The van der Waals surface area contributed by atoms with E-state index in [0.717, 1.165) is 0 Å². The van der Waals surface area contributed by atoms with Crippen LogP contribution in [-0.2, 0) is 14.8 Å². The number of nitrogens with two attached hydrogens (primary N) is 1. The monoisotopic (exact) mass is 393 g/mol. The van der Waals surface area contributed by atoms with Crippen LogP contribution < -0.4 is 21.1 Å². The topological polar surface area (TPSA) is 135 Å². The largest absolute Gasteiger partial charge is 0.444 e. The Morgan fingerprint density at radius 2 is 1.69 bits per heavy atom. The van der Waals surface area contributed by atoms with Crippen LogP contribution in [0.25, 0.3) is 0 Å². The van der Waals surface area contributed by atoms with Crippen molar-refractivity contribution in [3.8, 4) is 0 Å². The van der Waals surface area contributed by atoms with Crippen molar-refractivity contribution in [3.05, 3.63) is 0 Å². The van der Waals surface area contributed by atoms with Gasteiger partial charge < -0.3 is 20.7 Å². The Labute approximate surface area is 157 Å². The number of amides is 1. The van der Waals surface area contributed by atoms with E-state index in [0.29, 0.717) is 31.9 Å². The Morgan fingerprint density at radius 3 is 2.12 bits per heavy atom. The van der Waals surface area contributed by atoms with Gasteiger partial charge >= 0.3 is 6.09 Å². The molecule has 0 rings (SSSR count). The minimum Gasteiger partial charge on any atom is -0.444 e. The van der Waals surface area contributed by atoms with Gasteiger partial charge in [0.25, 0.3) is 0 Å². The molecular weight excluding hydrogens is 358 g/mol. The summed E-state index contributed by atoms with van der Waals surface area (Å²) in [7, 11) is -3.54. The smallest absolute Gasteiger partial charge is 0.408 e. The average molecular weight is 394 g/mol. The van der Waals surface area contributed by atoms with E-state index >= 15 is 0 Å². The van der Waals surface area contributed by atoms with E-state index in [9.17, 15) is 13.2 Å². The zero-order valence-corrected chi connectivity index (χ0v) is 17.6. The predicted molar refractivity (Wildman–Crippen MR) is 105 cm³/mol. The summed E-state index contributed by atoms with van der Waals surface area (Å²) in [5, 5.41) is 13.9. The number of primary sulfonamides is 1. The van der Waals surface area contributed by atoms with Gasteiger partial charge in [0.05, 0.1) is 17.8 Å². The van der Waals surface area contributed by atoms with Crippen LogP contribution in [0.1, 0.15) is 54.4 Å². The summed E-state index contributed by atoms with van der Waals surface area (Å²) in [6.45, 7) is 12.4. The third-order valence-corrected chi connectivity index (χ3v) is 4.46. The van der Waals surface area contributed by atoms with Crippen molar-refractivity contribution in [3.63, 3.8) is 0 Å². The molecule has 154 valence electrons. The maximum Gasteiger partial charge on any atom is 0.408 e. The number of carbonyl (C=O) groups excluding carboxylic acids is 1. The molecule has 0 unspecified atom stereocenters. The minimum absolute atomic E-state index is 0.148. The number of hydrogen-bond acceptors (Lipinski definition) is 5. The number of nitrogens with one attached hydrogen (secondary N) is 3. The zero-order valence-electron chi connectivity index (χ0n) is 16.8. The van der Waals surface area contributed by atoms with Crippen molar-refractivity contribution >= 4 is 22.1 Å². The van der Waals surface area contributed by atoms with Crippen molar-refractivity contribution in [2.24, 2.45) is 10.1 Å². The Morgan fingerprint density at radius 1 is 1.12 bits per heavy atom. The summed E-state index contributed by atoms with van der Waals surface area (Å²) in [5.74, 6) is 0.272. The van der Waals surface area contributed by atoms with E-state index in [4.69, 9.17) is 9.88 Å². The fourth-order valence-electron chi connectivity index (χ4n) is 2.09.